The number of rotatable bonds is 7. The van der Waals surface area contributed by atoms with Crippen LogP contribution in [0.1, 0.15) is 18.1 Å². The van der Waals surface area contributed by atoms with Gasteiger partial charge in [-0.1, -0.05) is 17.7 Å². The van der Waals surface area contributed by atoms with Gasteiger partial charge < -0.3 is 10.1 Å². The number of ether oxygens (including phenoxy) is 1. The second-order valence-electron chi connectivity index (χ2n) is 6.67. The summed E-state index contributed by atoms with van der Waals surface area (Å²) >= 11 is 5.89. The summed E-state index contributed by atoms with van der Waals surface area (Å²) in [6, 6.07) is 3.37. The first-order chi connectivity index (χ1) is 16.2. The third-order valence-electron chi connectivity index (χ3n) is 4.00. The van der Waals surface area contributed by atoms with E-state index in [-0.39, 0.29) is 23.9 Å². The van der Waals surface area contributed by atoms with Gasteiger partial charge in [-0.2, -0.15) is 26.3 Å². The minimum absolute atomic E-state index is 0.0127. The summed E-state index contributed by atoms with van der Waals surface area (Å²) in [6.45, 7) is 1.51. The second kappa shape index (κ2) is 11.2. The second-order valence-corrected chi connectivity index (χ2v) is 7.07. The van der Waals surface area contributed by atoms with Gasteiger partial charge >= 0.3 is 24.4 Å². The number of halogens is 7. The Morgan fingerprint density at radius 3 is 2.34 bits per heavy atom. The highest BCUT2D eigenvalue weighted by Gasteiger charge is 2.32. The third kappa shape index (κ3) is 8.24. The summed E-state index contributed by atoms with van der Waals surface area (Å²) in [4.78, 5) is 27.8. The lowest BCUT2D eigenvalue weighted by Crippen LogP contribution is -2.43. The topological polar surface area (TPSA) is 95.6 Å². The molecule has 0 saturated carbocycles. The molecule has 0 radical (unpaired) electrons. The SMILES string of the molecule is CCOC(=O)C=C(NC(=O)Nc1cccc(C(F)(F)F)c1)NN(C)c1ncc(C(F)(F)F)cc1Cl. The van der Waals surface area contributed by atoms with Crippen molar-refractivity contribution < 1.29 is 40.7 Å². The molecule has 190 valence electrons. The Morgan fingerprint density at radius 2 is 1.77 bits per heavy atom. The number of nitrogens with one attached hydrogen (secondary N) is 3. The average molecular weight is 526 g/mol. The monoisotopic (exact) mass is 525 g/mol. The number of urea groups is 1. The molecule has 0 aliphatic carbocycles. The number of amides is 2. The van der Waals surface area contributed by atoms with Gasteiger partial charge in [0, 0.05) is 18.9 Å². The molecule has 0 bridgehead atoms. The van der Waals surface area contributed by atoms with E-state index in [0.717, 1.165) is 23.2 Å². The lowest BCUT2D eigenvalue weighted by atomic mass is 10.2. The molecule has 0 aliphatic rings. The van der Waals surface area contributed by atoms with Crippen molar-refractivity contribution in [1.29, 1.82) is 0 Å². The molecule has 1 heterocycles. The molecule has 2 rings (SSSR count). The Bertz CT molecular complexity index is 1110. The van der Waals surface area contributed by atoms with Crippen LogP contribution in [0.3, 0.4) is 0 Å². The maximum Gasteiger partial charge on any atom is 0.417 e. The van der Waals surface area contributed by atoms with Crippen LogP contribution in [0, 0.1) is 0 Å². The van der Waals surface area contributed by atoms with Gasteiger partial charge in [-0.05, 0) is 31.2 Å². The van der Waals surface area contributed by atoms with Crippen LogP contribution in [-0.2, 0) is 21.9 Å². The molecule has 0 atom stereocenters. The Labute approximate surface area is 199 Å². The maximum absolute atomic E-state index is 12.9. The summed E-state index contributed by atoms with van der Waals surface area (Å²) in [5, 5.41) is 4.96. The van der Waals surface area contributed by atoms with Crippen molar-refractivity contribution in [2.45, 2.75) is 19.3 Å². The summed E-state index contributed by atoms with van der Waals surface area (Å²) < 4.78 is 81.9. The number of hydrogen-bond acceptors (Lipinski definition) is 6. The molecule has 8 nitrogen and oxygen atoms in total. The van der Waals surface area contributed by atoms with Gasteiger partial charge in [0.1, 0.15) is 5.82 Å². The van der Waals surface area contributed by atoms with Gasteiger partial charge in [-0.25, -0.2) is 14.6 Å². The summed E-state index contributed by atoms with van der Waals surface area (Å²) in [5.74, 6) is -1.46. The molecule has 1 aromatic heterocycles. The zero-order valence-corrected chi connectivity index (χ0v) is 18.8. The highest BCUT2D eigenvalue weighted by atomic mass is 35.5. The summed E-state index contributed by atoms with van der Waals surface area (Å²) in [5.41, 5.74) is 0.189. The van der Waals surface area contributed by atoms with Crippen LogP contribution in [0.4, 0.5) is 42.6 Å². The number of pyridine rings is 1. The van der Waals surface area contributed by atoms with Crippen LogP contribution >= 0.6 is 11.6 Å². The lowest BCUT2D eigenvalue weighted by molar-refractivity contribution is -0.138. The minimum Gasteiger partial charge on any atom is -0.463 e. The van der Waals surface area contributed by atoms with Crippen LogP contribution in [0.5, 0.6) is 0 Å². The third-order valence-corrected chi connectivity index (χ3v) is 4.28. The largest absolute Gasteiger partial charge is 0.463 e. The van der Waals surface area contributed by atoms with Crippen LogP contribution in [0.15, 0.2) is 48.4 Å². The van der Waals surface area contributed by atoms with Gasteiger partial charge in [0.05, 0.1) is 28.8 Å². The van der Waals surface area contributed by atoms with E-state index in [1.54, 1.807) is 0 Å². The minimum atomic E-state index is -4.68. The van der Waals surface area contributed by atoms with E-state index >= 15 is 0 Å². The first kappa shape index (κ1) is 27.6. The van der Waals surface area contributed by atoms with E-state index in [4.69, 9.17) is 16.3 Å². The summed E-state index contributed by atoms with van der Waals surface area (Å²) in [6.07, 6.45) is -7.99. The molecule has 2 aromatic rings. The first-order valence-electron chi connectivity index (χ1n) is 9.57. The maximum atomic E-state index is 12.9. The van der Waals surface area contributed by atoms with Crippen LogP contribution in [0.2, 0.25) is 5.02 Å². The molecule has 0 saturated heterocycles. The van der Waals surface area contributed by atoms with E-state index in [2.05, 4.69) is 21.0 Å². The fraction of sp³-hybridized carbons (Fsp3) is 0.250. The van der Waals surface area contributed by atoms with Crippen molar-refractivity contribution in [3.05, 3.63) is 64.6 Å². The molecule has 2 amide bonds. The van der Waals surface area contributed by atoms with E-state index in [1.165, 1.54) is 20.0 Å². The zero-order valence-electron chi connectivity index (χ0n) is 18.0. The lowest BCUT2D eigenvalue weighted by Gasteiger charge is -2.24. The predicted octanol–water partition coefficient (Wildman–Crippen LogP) is 4.94. The van der Waals surface area contributed by atoms with E-state index < -0.39 is 40.5 Å². The number of hydrazine groups is 1. The van der Waals surface area contributed by atoms with Crippen LogP contribution in [0.25, 0.3) is 0 Å². The van der Waals surface area contributed by atoms with Crippen molar-refractivity contribution >= 4 is 35.1 Å². The predicted molar refractivity (Wildman–Crippen MR) is 114 cm³/mol. The van der Waals surface area contributed by atoms with E-state index in [0.29, 0.717) is 18.3 Å². The Balaban J connectivity index is 2.22. The number of anilines is 2. The molecule has 0 fully saturated rings. The van der Waals surface area contributed by atoms with Crippen molar-refractivity contribution in [1.82, 2.24) is 15.7 Å². The zero-order chi connectivity index (χ0) is 26.4. The number of nitrogens with zero attached hydrogens (tertiary/aromatic N) is 2. The Hall–Kier alpha value is -3.68. The summed E-state index contributed by atoms with van der Waals surface area (Å²) in [7, 11) is 1.27. The molecular weight excluding hydrogens is 508 g/mol. The Kier molecular flexibility index (Phi) is 8.79. The quantitative estimate of drug-likeness (QED) is 0.205. The standard InChI is InChI=1S/C20H18ClF6N5O3/c1-3-35-16(33)9-15(30-18(34)29-13-6-4-5-11(7-13)19(22,23)24)31-32(2)17-14(21)8-12(10-28-17)20(25,26)27/h4-10,31H,3H2,1-2H3,(H2,29,30,34). The normalized spacial score (nSPS) is 12.1. The Morgan fingerprint density at radius 1 is 1.11 bits per heavy atom. The molecule has 0 spiro atoms. The van der Waals surface area contributed by atoms with Crippen molar-refractivity contribution in [3.63, 3.8) is 0 Å². The molecular formula is C20H18ClF6N5O3. The highest BCUT2D eigenvalue weighted by molar-refractivity contribution is 6.33. The van der Waals surface area contributed by atoms with E-state index in [1.807, 2.05) is 0 Å². The van der Waals surface area contributed by atoms with Crippen LogP contribution in [-0.4, -0.2) is 30.6 Å². The van der Waals surface area contributed by atoms with Gasteiger partial charge in [0.25, 0.3) is 0 Å². The van der Waals surface area contributed by atoms with Gasteiger partial charge in [-0.15, -0.1) is 0 Å². The average Bonchev–Trinajstić information content (AvgIpc) is 2.72. The molecule has 15 heteroatoms. The molecule has 0 unspecified atom stereocenters. The van der Waals surface area contributed by atoms with Gasteiger partial charge in [-0.3, -0.25) is 15.8 Å². The molecule has 0 aliphatic heterocycles. The number of benzene rings is 1. The smallest absolute Gasteiger partial charge is 0.417 e. The molecule has 35 heavy (non-hydrogen) atoms. The van der Waals surface area contributed by atoms with E-state index in [9.17, 15) is 35.9 Å². The number of aromatic nitrogens is 1. The van der Waals surface area contributed by atoms with Crippen molar-refractivity contribution in [2.24, 2.45) is 0 Å². The molecule has 3 N–H and O–H groups in total. The van der Waals surface area contributed by atoms with Crippen LogP contribution < -0.4 is 21.1 Å². The fourth-order valence-corrected chi connectivity index (χ4v) is 2.82. The van der Waals surface area contributed by atoms with Gasteiger partial charge in [0.2, 0.25) is 0 Å². The number of esters is 1. The molecule has 1 aromatic carbocycles. The number of hydrogen-bond donors (Lipinski definition) is 3. The van der Waals surface area contributed by atoms with Crippen molar-refractivity contribution in [2.75, 3.05) is 24.0 Å². The van der Waals surface area contributed by atoms with Gasteiger partial charge in [0.15, 0.2) is 5.82 Å². The number of carbonyl (C=O) groups excluding carboxylic acids is 2. The fourth-order valence-electron chi connectivity index (χ4n) is 2.52. The van der Waals surface area contributed by atoms with Crippen molar-refractivity contribution in [3.8, 4) is 0 Å². The first-order valence-corrected chi connectivity index (χ1v) is 9.95. The highest BCUT2D eigenvalue weighted by Crippen LogP contribution is 2.33. The number of alkyl halides is 6. The number of carbonyl (C=O) groups is 2.